The summed E-state index contributed by atoms with van der Waals surface area (Å²) in [4.78, 5) is 12.6. The topological polar surface area (TPSA) is 42.2 Å². The summed E-state index contributed by atoms with van der Waals surface area (Å²) in [5.41, 5.74) is 2.62. The van der Waals surface area contributed by atoms with Crippen molar-refractivity contribution in [2.45, 2.75) is 12.8 Å². The van der Waals surface area contributed by atoms with Crippen molar-refractivity contribution >= 4 is 51.8 Å². The first-order valence-electron chi connectivity index (χ1n) is 7.61. The monoisotopic (exact) mass is 357 g/mol. The lowest BCUT2D eigenvalue weighted by Crippen LogP contribution is -2.13. The molecule has 0 fully saturated rings. The van der Waals surface area contributed by atoms with Crippen molar-refractivity contribution in [3.63, 3.8) is 0 Å². The summed E-state index contributed by atoms with van der Waals surface area (Å²) < 4.78 is 5.99. The molecule has 1 N–H and O–H groups in total. The molecule has 24 heavy (non-hydrogen) atoms. The number of hydrogen-bond donors (Lipinski definition) is 1. The van der Waals surface area contributed by atoms with Crippen molar-refractivity contribution in [3.05, 3.63) is 69.4 Å². The Labute approximate surface area is 148 Å². The van der Waals surface area contributed by atoms with E-state index in [1.165, 1.54) is 0 Å². The highest BCUT2D eigenvalue weighted by molar-refractivity contribution is 6.40. The smallest absolute Gasteiger partial charge is 0.258 e. The molecule has 1 aliphatic rings. The number of halogens is 2. The van der Waals surface area contributed by atoms with Gasteiger partial charge in [0.2, 0.25) is 0 Å². The molecule has 120 valence electrons. The van der Waals surface area contributed by atoms with E-state index in [4.69, 9.17) is 27.6 Å². The van der Waals surface area contributed by atoms with Crippen LogP contribution in [-0.2, 0) is 6.42 Å². The summed E-state index contributed by atoms with van der Waals surface area (Å²) >= 11 is 12.2. The molecule has 3 aromatic rings. The summed E-state index contributed by atoms with van der Waals surface area (Å²) in [5.74, 6) is 0.591. The lowest BCUT2D eigenvalue weighted by Gasteiger charge is -2.08. The van der Waals surface area contributed by atoms with E-state index in [2.05, 4.69) is 17.5 Å². The van der Waals surface area contributed by atoms with Crippen LogP contribution in [0.5, 0.6) is 0 Å². The summed E-state index contributed by atoms with van der Waals surface area (Å²) in [6.45, 7) is 0. The molecule has 1 amide bonds. The van der Waals surface area contributed by atoms with Crippen molar-refractivity contribution in [1.82, 2.24) is 0 Å². The zero-order valence-electron chi connectivity index (χ0n) is 12.6. The predicted molar refractivity (Wildman–Crippen MR) is 98.0 cm³/mol. The van der Waals surface area contributed by atoms with Crippen molar-refractivity contribution in [2.24, 2.45) is 0 Å². The second kappa shape index (κ2) is 6.00. The second-order valence-electron chi connectivity index (χ2n) is 5.61. The third-order valence-electron chi connectivity index (χ3n) is 4.09. The lowest BCUT2D eigenvalue weighted by atomic mass is 10.0. The number of para-hydroxylation sites is 1. The third kappa shape index (κ3) is 2.50. The first-order chi connectivity index (χ1) is 11.6. The van der Waals surface area contributed by atoms with Crippen molar-refractivity contribution in [1.29, 1.82) is 0 Å². The second-order valence-corrected chi connectivity index (χ2v) is 6.43. The van der Waals surface area contributed by atoms with Gasteiger partial charge in [-0.3, -0.25) is 4.79 Å². The summed E-state index contributed by atoms with van der Waals surface area (Å²) in [5, 5.41) is 4.48. The van der Waals surface area contributed by atoms with Crippen LogP contribution in [-0.4, -0.2) is 5.91 Å². The van der Waals surface area contributed by atoms with Gasteiger partial charge >= 0.3 is 0 Å². The van der Waals surface area contributed by atoms with Gasteiger partial charge in [-0.2, -0.15) is 0 Å². The van der Waals surface area contributed by atoms with Crippen LogP contribution in [0.15, 0.2) is 46.9 Å². The highest BCUT2D eigenvalue weighted by Gasteiger charge is 2.19. The maximum atomic E-state index is 12.6. The number of allylic oxidation sites excluding steroid dienone is 1. The van der Waals surface area contributed by atoms with Gasteiger partial charge in [-0.15, -0.1) is 0 Å². The minimum absolute atomic E-state index is 0.258. The van der Waals surface area contributed by atoms with Gasteiger partial charge in [-0.1, -0.05) is 53.6 Å². The molecule has 1 aromatic heterocycles. The largest absolute Gasteiger partial charge is 0.458 e. The van der Waals surface area contributed by atoms with Crippen LogP contribution >= 0.6 is 23.2 Å². The van der Waals surface area contributed by atoms with Gasteiger partial charge in [0.1, 0.15) is 5.76 Å². The number of hydrogen-bond acceptors (Lipinski definition) is 2. The van der Waals surface area contributed by atoms with E-state index in [9.17, 15) is 4.79 Å². The van der Waals surface area contributed by atoms with Crippen LogP contribution in [0.25, 0.3) is 17.0 Å². The van der Waals surface area contributed by atoms with Gasteiger partial charge in [-0.05, 0) is 24.6 Å². The number of nitrogens with one attached hydrogen (secondary N) is 1. The van der Waals surface area contributed by atoms with E-state index < -0.39 is 0 Å². The van der Waals surface area contributed by atoms with Crippen molar-refractivity contribution in [2.75, 3.05) is 5.32 Å². The normalized spacial score (nSPS) is 13.1. The molecular weight excluding hydrogens is 345 g/mol. The number of benzene rings is 2. The van der Waals surface area contributed by atoms with Gasteiger partial charge in [-0.25, -0.2) is 0 Å². The number of furan rings is 1. The van der Waals surface area contributed by atoms with Gasteiger partial charge in [0.05, 0.1) is 21.3 Å². The Morgan fingerprint density at radius 2 is 1.83 bits per heavy atom. The average Bonchev–Trinajstić information content (AvgIpc) is 2.95. The minimum atomic E-state index is -0.358. The fraction of sp³-hybridized carbons (Fsp3) is 0.105. The molecule has 0 unspecified atom stereocenters. The van der Waals surface area contributed by atoms with Crippen LogP contribution in [0.1, 0.15) is 28.1 Å². The van der Waals surface area contributed by atoms with Crippen LogP contribution in [0.3, 0.4) is 0 Å². The Kier molecular flexibility index (Phi) is 3.83. The van der Waals surface area contributed by atoms with Gasteiger partial charge in [0.15, 0.2) is 5.58 Å². The van der Waals surface area contributed by atoms with Gasteiger partial charge in [0.25, 0.3) is 5.91 Å². The Balaban J connectivity index is 1.77. The maximum Gasteiger partial charge on any atom is 0.258 e. The van der Waals surface area contributed by atoms with Crippen LogP contribution < -0.4 is 5.32 Å². The van der Waals surface area contributed by atoms with Crippen LogP contribution in [0.4, 0.5) is 5.69 Å². The molecule has 0 saturated heterocycles. The molecule has 0 radical (unpaired) electrons. The minimum Gasteiger partial charge on any atom is -0.458 e. The quantitative estimate of drug-likeness (QED) is 0.615. The Morgan fingerprint density at radius 1 is 1.08 bits per heavy atom. The third-order valence-corrected chi connectivity index (χ3v) is 4.72. The number of carbonyl (C=O) groups excluding carboxylic acids is 1. The zero-order chi connectivity index (χ0) is 16.7. The average molecular weight is 358 g/mol. The maximum absolute atomic E-state index is 12.6. The summed E-state index contributed by atoms with van der Waals surface area (Å²) in [7, 11) is 0. The van der Waals surface area contributed by atoms with Gasteiger partial charge in [0, 0.05) is 17.4 Å². The fourth-order valence-electron chi connectivity index (χ4n) is 2.97. The number of rotatable bonds is 2. The summed E-state index contributed by atoms with van der Waals surface area (Å²) in [6.07, 6.45) is 6.03. The number of carbonyl (C=O) groups is 1. The molecule has 2 aromatic carbocycles. The summed E-state index contributed by atoms with van der Waals surface area (Å²) in [6, 6.07) is 10.7. The number of aryl methyl sites for hydroxylation is 1. The molecule has 1 heterocycles. The Bertz CT molecular complexity index is 968. The molecule has 0 spiro atoms. The molecule has 0 bridgehead atoms. The van der Waals surface area contributed by atoms with E-state index >= 15 is 0 Å². The van der Waals surface area contributed by atoms with Crippen molar-refractivity contribution in [3.8, 4) is 0 Å². The van der Waals surface area contributed by atoms with E-state index in [0.29, 0.717) is 21.3 Å². The van der Waals surface area contributed by atoms with E-state index in [1.54, 1.807) is 18.2 Å². The fourth-order valence-corrected chi connectivity index (χ4v) is 3.54. The van der Waals surface area contributed by atoms with E-state index in [0.717, 1.165) is 29.6 Å². The first kappa shape index (κ1) is 15.3. The SMILES string of the molecule is O=C(Nc1cccc2c3c(oc12)CCC=C3)c1c(Cl)cccc1Cl. The van der Waals surface area contributed by atoms with Gasteiger partial charge < -0.3 is 9.73 Å². The standard InChI is InChI=1S/C19H13Cl2NO2/c20-13-7-4-8-14(21)17(13)19(23)22-15-9-3-6-12-11-5-1-2-10-16(11)24-18(12)15/h1,3-9H,2,10H2,(H,22,23). The molecule has 4 rings (SSSR count). The molecule has 0 saturated carbocycles. The van der Waals surface area contributed by atoms with E-state index in [1.807, 2.05) is 18.2 Å². The molecule has 3 nitrogen and oxygen atoms in total. The Morgan fingerprint density at radius 3 is 2.62 bits per heavy atom. The zero-order valence-corrected chi connectivity index (χ0v) is 14.1. The lowest BCUT2D eigenvalue weighted by molar-refractivity contribution is 0.102. The number of amides is 1. The molecule has 0 atom stereocenters. The molecule has 5 heteroatoms. The molecule has 0 aliphatic heterocycles. The Hall–Kier alpha value is -2.23. The molecule has 1 aliphatic carbocycles. The van der Waals surface area contributed by atoms with Crippen molar-refractivity contribution < 1.29 is 9.21 Å². The first-order valence-corrected chi connectivity index (χ1v) is 8.37. The number of anilines is 1. The predicted octanol–water partition coefficient (Wildman–Crippen LogP) is 5.95. The van der Waals surface area contributed by atoms with Crippen LogP contribution in [0.2, 0.25) is 10.0 Å². The molecular formula is C19H13Cl2NO2. The highest BCUT2D eigenvalue weighted by Crippen LogP contribution is 2.35. The number of fused-ring (bicyclic) bond motifs is 3. The van der Waals surface area contributed by atoms with Crippen LogP contribution in [0, 0.1) is 0 Å². The highest BCUT2D eigenvalue weighted by atomic mass is 35.5. The van der Waals surface area contributed by atoms with E-state index in [-0.39, 0.29) is 11.5 Å².